The number of thiol groups is 2. The summed E-state index contributed by atoms with van der Waals surface area (Å²) in [5, 5.41) is 7.63. The molecule has 6 nitrogen and oxygen atoms in total. The predicted octanol–water partition coefficient (Wildman–Crippen LogP) is -0.866. The van der Waals surface area contributed by atoms with Gasteiger partial charge in [0.1, 0.15) is 0 Å². The molecule has 0 aliphatic rings. The monoisotopic (exact) mass is 427 g/mol. The Morgan fingerprint density at radius 3 is 1.40 bits per heavy atom. The molecule has 0 saturated heterocycles. The average Bonchev–Trinajstić information content (AvgIpc) is 2.09. The van der Waals surface area contributed by atoms with Gasteiger partial charge in [-0.3, -0.25) is 11.5 Å². The summed E-state index contributed by atoms with van der Waals surface area (Å²) in [6, 6.07) is 0. The van der Waals surface area contributed by atoms with Crippen LogP contribution in [-0.4, -0.2) is 21.6 Å². The van der Waals surface area contributed by atoms with E-state index in [1.165, 1.54) is 0 Å². The Labute approximate surface area is 113 Å². The smallest absolute Gasteiger partial charge is 0.183 e. The third-order valence-corrected chi connectivity index (χ3v) is 1.31. The van der Waals surface area contributed by atoms with E-state index >= 15 is 0 Å². The van der Waals surface area contributed by atoms with Gasteiger partial charge in [-0.25, -0.2) is 0 Å². The summed E-state index contributed by atoms with van der Waals surface area (Å²) in [6.45, 7) is 3.42. The molecule has 0 rings (SSSR count). The van der Waals surface area contributed by atoms with Crippen LogP contribution in [0.25, 0.3) is 10.9 Å². The van der Waals surface area contributed by atoms with Crippen LogP contribution in [0, 0.1) is 0 Å². The van der Waals surface area contributed by atoms with E-state index in [4.69, 9.17) is 11.5 Å². The largest absolute Gasteiger partial charge is 0.515 e. The van der Waals surface area contributed by atoms with E-state index in [1.807, 2.05) is 0 Å². The third kappa shape index (κ3) is 10.0. The minimum Gasteiger partial charge on any atom is -0.515 e. The SMILES string of the molecule is CC(=N[N-]C(N)=[SH+])C(C)=N[N-]C(N)=[SH+].[Pt]. The van der Waals surface area contributed by atoms with Gasteiger partial charge in [-0.1, -0.05) is 0 Å². The van der Waals surface area contributed by atoms with E-state index in [2.05, 4.69) is 45.5 Å². The predicted molar refractivity (Wildman–Crippen MR) is 68.8 cm³/mol. The van der Waals surface area contributed by atoms with Crippen molar-refractivity contribution in [3.8, 4) is 0 Å². The first-order valence-corrected chi connectivity index (χ1v) is 4.46. The van der Waals surface area contributed by atoms with Gasteiger partial charge in [0.25, 0.3) is 0 Å². The fourth-order valence-corrected chi connectivity index (χ4v) is 0.487. The van der Waals surface area contributed by atoms with Crippen molar-refractivity contribution in [1.29, 1.82) is 0 Å². The third-order valence-electron chi connectivity index (χ3n) is 1.13. The van der Waals surface area contributed by atoms with Crippen molar-refractivity contribution < 1.29 is 21.1 Å². The maximum Gasteiger partial charge on any atom is 0.183 e. The molecule has 0 heterocycles. The molecule has 0 amide bonds. The summed E-state index contributed by atoms with van der Waals surface area (Å²) in [5.41, 5.74) is 18.6. The van der Waals surface area contributed by atoms with Gasteiger partial charge in [0, 0.05) is 32.5 Å². The molecule has 0 unspecified atom stereocenters. The molecule has 0 atom stereocenters. The standard InChI is InChI=1S/C6H12N6S2.Pt/c1-3(9-11-5(7)13)4(2)10-12-6(8)14;/h1-2H3,(H6,7,8,9,10,11,12,13,14);. The first-order valence-electron chi connectivity index (χ1n) is 3.57. The van der Waals surface area contributed by atoms with E-state index in [9.17, 15) is 0 Å². The summed E-state index contributed by atoms with van der Waals surface area (Å²) in [6.07, 6.45) is 0. The summed E-state index contributed by atoms with van der Waals surface area (Å²) in [7, 11) is 0. The van der Waals surface area contributed by atoms with Crippen molar-refractivity contribution >= 4 is 46.1 Å². The second kappa shape index (κ2) is 8.99. The van der Waals surface area contributed by atoms with E-state index < -0.39 is 0 Å². The molecule has 0 aromatic carbocycles. The summed E-state index contributed by atoms with van der Waals surface area (Å²) in [5.74, 6) is 0. The zero-order chi connectivity index (χ0) is 11.1. The Morgan fingerprint density at radius 2 is 1.20 bits per heavy atom. The molecule has 0 aromatic heterocycles. The molecule has 0 fully saturated rings. The van der Waals surface area contributed by atoms with Gasteiger partial charge in [0.2, 0.25) is 0 Å². The van der Waals surface area contributed by atoms with Gasteiger partial charge in [0.15, 0.2) is 34.7 Å². The molecule has 9 heteroatoms. The van der Waals surface area contributed by atoms with Crippen LogP contribution in [0.3, 0.4) is 0 Å². The first kappa shape index (κ1) is 17.1. The molecule has 0 aliphatic carbocycles. The zero-order valence-corrected chi connectivity index (χ0v) is 12.2. The molecule has 0 bridgehead atoms. The van der Waals surface area contributed by atoms with Gasteiger partial charge in [0.05, 0.1) is 0 Å². The van der Waals surface area contributed by atoms with Gasteiger partial charge >= 0.3 is 0 Å². The van der Waals surface area contributed by atoms with Crippen LogP contribution in [0.15, 0.2) is 10.2 Å². The summed E-state index contributed by atoms with van der Waals surface area (Å²) < 4.78 is 0. The molecule has 0 aliphatic heterocycles. The van der Waals surface area contributed by atoms with Crippen LogP contribution in [0.4, 0.5) is 0 Å². The fourth-order valence-electron chi connectivity index (χ4n) is 0.397. The normalized spacial score (nSPS) is 11.5. The molecular weight excluding hydrogens is 415 g/mol. The van der Waals surface area contributed by atoms with Crippen molar-refractivity contribution in [1.82, 2.24) is 0 Å². The minimum absolute atomic E-state index is 0. The van der Waals surface area contributed by atoms with Crippen molar-refractivity contribution in [2.24, 2.45) is 21.7 Å². The van der Waals surface area contributed by atoms with Crippen LogP contribution >= 0.6 is 0 Å². The molecule has 0 spiro atoms. The number of nitrogens with zero attached hydrogens (tertiary/aromatic N) is 4. The molecule has 88 valence electrons. The Balaban J connectivity index is 0. The van der Waals surface area contributed by atoms with Gasteiger partial charge < -0.3 is 21.1 Å². The van der Waals surface area contributed by atoms with E-state index in [0.717, 1.165) is 0 Å². The quantitative estimate of drug-likeness (QED) is 0.201. The Bertz CT molecular complexity index is 270. The van der Waals surface area contributed by atoms with Crippen molar-refractivity contribution in [3.05, 3.63) is 10.9 Å². The van der Waals surface area contributed by atoms with Gasteiger partial charge in [-0.2, -0.15) is 0 Å². The maximum atomic E-state index is 5.17. The van der Waals surface area contributed by atoms with Crippen molar-refractivity contribution in [3.63, 3.8) is 0 Å². The Morgan fingerprint density at radius 1 is 0.933 bits per heavy atom. The van der Waals surface area contributed by atoms with Gasteiger partial charge in [-0.15, -0.1) is 0 Å². The number of nitrogens with two attached hydrogens (primary N) is 2. The molecule has 4 N–H and O–H groups in total. The van der Waals surface area contributed by atoms with Crippen LogP contribution in [-0.2, 0) is 45.5 Å². The number of hydrogen-bond donors (Lipinski definition) is 2. The van der Waals surface area contributed by atoms with E-state index in [0.29, 0.717) is 11.4 Å². The second-order valence-electron chi connectivity index (χ2n) is 2.29. The first-order chi connectivity index (χ1) is 6.43. The maximum absolute atomic E-state index is 5.17. The average molecular weight is 427 g/mol. The van der Waals surface area contributed by atoms with Gasteiger partial charge in [-0.05, 0) is 13.8 Å². The molecule has 0 radical (unpaired) electrons. The topological polar surface area (TPSA) is 105 Å². The van der Waals surface area contributed by atoms with Crippen LogP contribution in [0.5, 0.6) is 0 Å². The van der Waals surface area contributed by atoms with E-state index in [1.54, 1.807) is 13.8 Å². The Hall–Kier alpha value is -0.272. The molecule has 0 aromatic rings. The zero-order valence-electron chi connectivity index (χ0n) is 8.15. The van der Waals surface area contributed by atoms with Crippen molar-refractivity contribution in [2.45, 2.75) is 13.8 Å². The second-order valence-corrected chi connectivity index (χ2v) is 3.20. The van der Waals surface area contributed by atoms with E-state index in [-0.39, 0.29) is 31.3 Å². The fraction of sp³-hybridized carbons (Fsp3) is 0.333. The summed E-state index contributed by atoms with van der Waals surface area (Å²) >= 11 is 7.49. The minimum atomic E-state index is 0. The molecular formula is C6H12N6PtS2. The van der Waals surface area contributed by atoms with Crippen LogP contribution < -0.4 is 11.5 Å². The number of rotatable bonds is 3. The molecule has 0 saturated carbocycles. The van der Waals surface area contributed by atoms with Crippen LogP contribution in [0.1, 0.15) is 13.8 Å². The number of hydrogen-bond acceptors (Lipinski definition) is 2. The molecule has 15 heavy (non-hydrogen) atoms. The summed E-state index contributed by atoms with van der Waals surface area (Å²) in [4.78, 5) is 0. The van der Waals surface area contributed by atoms with Crippen molar-refractivity contribution in [2.75, 3.05) is 0 Å². The Kier molecular flexibility index (Phi) is 10.3. The van der Waals surface area contributed by atoms with Crippen LogP contribution in [0.2, 0.25) is 0 Å².